The van der Waals surface area contributed by atoms with Gasteiger partial charge in [0, 0.05) is 17.3 Å². The van der Waals surface area contributed by atoms with Crippen LogP contribution in [-0.2, 0) is 0 Å². The van der Waals surface area contributed by atoms with Crippen molar-refractivity contribution in [2.24, 2.45) is 4.99 Å². The van der Waals surface area contributed by atoms with Crippen LogP contribution in [0.2, 0.25) is 0 Å². The van der Waals surface area contributed by atoms with Crippen LogP contribution < -0.4 is 0 Å². The van der Waals surface area contributed by atoms with Gasteiger partial charge in [-0.1, -0.05) is 19.1 Å². The molecule has 0 aliphatic heterocycles. The van der Waals surface area contributed by atoms with Gasteiger partial charge < -0.3 is 5.11 Å². The van der Waals surface area contributed by atoms with E-state index in [0.717, 1.165) is 17.7 Å². The molecule has 1 atom stereocenters. The Hall–Kier alpha value is -1.31. The third kappa shape index (κ3) is 2.59. The largest absolute Gasteiger partial charge is 0.507 e. The fraction of sp³-hybridized carbons (Fsp3) is 0.417. The standard InChI is InChI=1S/C12H17NO/c1-4-9(2)13-10(3)11-7-5-6-8-12(11)14/h5-9,14H,4H2,1-3H3. The number of benzene rings is 1. The zero-order chi connectivity index (χ0) is 10.6. The second-order valence-electron chi connectivity index (χ2n) is 3.49. The SMILES string of the molecule is CCC(C)N=C(C)c1ccccc1O. The predicted molar refractivity (Wildman–Crippen MR) is 60.1 cm³/mol. The average molecular weight is 191 g/mol. The lowest BCUT2D eigenvalue weighted by molar-refractivity contribution is 0.474. The molecule has 1 unspecified atom stereocenters. The highest BCUT2D eigenvalue weighted by atomic mass is 16.3. The molecule has 1 aromatic carbocycles. The fourth-order valence-corrected chi connectivity index (χ4v) is 1.27. The molecule has 0 aromatic heterocycles. The van der Waals surface area contributed by atoms with Crippen LogP contribution in [0, 0.1) is 0 Å². The lowest BCUT2D eigenvalue weighted by Gasteiger charge is -2.07. The van der Waals surface area contributed by atoms with Gasteiger partial charge in [0.25, 0.3) is 0 Å². The van der Waals surface area contributed by atoms with E-state index in [0.29, 0.717) is 11.8 Å². The first-order valence-corrected chi connectivity index (χ1v) is 4.98. The minimum absolute atomic E-state index is 0.303. The van der Waals surface area contributed by atoms with Crippen molar-refractivity contribution >= 4 is 5.71 Å². The summed E-state index contributed by atoms with van der Waals surface area (Å²) in [5.74, 6) is 0.303. The van der Waals surface area contributed by atoms with Gasteiger partial charge in [-0.25, -0.2) is 0 Å². The smallest absolute Gasteiger partial charge is 0.124 e. The highest BCUT2D eigenvalue weighted by Gasteiger charge is 2.04. The molecule has 2 nitrogen and oxygen atoms in total. The molecule has 0 amide bonds. The van der Waals surface area contributed by atoms with Crippen molar-refractivity contribution in [3.63, 3.8) is 0 Å². The summed E-state index contributed by atoms with van der Waals surface area (Å²) in [6.45, 7) is 6.11. The fourth-order valence-electron chi connectivity index (χ4n) is 1.27. The average Bonchev–Trinajstić information content (AvgIpc) is 2.18. The van der Waals surface area contributed by atoms with E-state index in [1.165, 1.54) is 0 Å². The van der Waals surface area contributed by atoms with Gasteiger partial charge in [-0.05, 0) is 32.4 Å². The highest BCUT2D eigenvalue weighted by molar-refractivity contribution is 6.01. The maximum Gasteiger partial charge on any atom is 0.124 e. The Morgan fingerprint density at radius 1 is 1.43 bits per heavy atom. The van der Waals surface area contributed by atoms with Gasteiger partial charge in [0.2, 0.25) is 0 Å². The molecule has 0 saturated heterocycles. The summed E-state index contributed by atoms with van der Waals surface area (Å²) in [6, 6.07) is 7.61. The molecule has 0 fully saturated rings. The van der Waals surface area contributed by atoms with Gasteiger partial charge >= 0.3 is 0 Å². The number of hydrogen-bond acceptors (Lipinski definition) is 2. The summed E-state index contributed by atoms with van der Waals surface area (Å²) >= 11 is 0. The van der Waals surface area contributed by atoms with Crippen LogP contribution in [0.5, 0.6) is 5.75 Å². The monoisotopic (exact) mass is 191 g/mol. The molecule has 14 heavy (non-hydrogen) atoms. The number of rotatable bonds is 3. The van der Waals surface area contributed by atoms with Crippen LogP contribution in [-0.4, -0.2) is 16.9 Å². The summed E-state index contributed by atoms with van der Waals surface area (Å²) in [5.41, 5.74) is 1.73. The molecule has 1 aromatic rings. The van der Waals surface area contributed by atoms with Crippen molar-refractivity contribution in [3.05, 3.63) is 29.8 Å². The van der Waals surface area contributed by atoms with Gasteiger partial charge in [0.15, 0.2) is 0 Å². The second kappa shape index (κ2) is 4.80. The quantitative estimate of drug-likeness (QED) is 0.732. The molecule has 0 radical (unpaired) electrons. The third-order valence-corrected chi connectivity index (χ3v) is 2.30. The second-order valence-corrected chi connectivity index (χ2v) is 3.49. The Kier molecular flexibility index (Phi) is 3.69. The van der Waals surface area contributed by atoms with Crippen LogP contribution in [0.3, 0.4) is 0 Å². The number of para-hydroxylation sites is 1. The lowest BCUT2D eigenvalue weighted by atomic mass is 10.1. The maximum atomic E-state index is 9.59. The van der Waals surface area contributed by atoms with Crippen LogP contribution in [0.4, 0.5) is 0 Å². The van der Waals surface area contributed by atoms with E-state index in [9.17, 15) is 5.11 Å². The minimum atomic E-state index is 0.303. The van der Waals surface area contributed by atoms with E-state index in [4.69, 9.17) is 0 Å². The Balaban J connectivity index is 2.94. The van der Waals surface area contributed by atoms with Crippen molar-refractivity contribution in [3.8, 4) is 5.75 Å². The van der Waals surface area contributed by atoms with Crippen LogP contribution in [0.1, 0.15) is 32.8 Å². The van der Waals surface area contributed by atoms with Gasteiger partial charge in [0.05, 0.1) is 0 Å². The number of nitrogens with zero attached hydrogens (tertiary/aromatic N) is 1. The predicted octanol–water partition coefficient (Wildman–Crippen LogP) is 3.00. The summed E-state index contributed by atoms with van der Waals surface area (Å²) < 4.78 is 0. The van der Waals surface area contributed by atoms with Crippen molar-refractivity contribution in [1.82, 2.24) is 0 Å². The molecule has 1 N–H and O–H groups in total. The number of phenolic OH excluding ortho intramolecular Hbond substituents is 1. The molecule has 0 spiro atoms. The number of aliphatic imine (C=N–C) groups is 1. The van der Waals surface area contributed by atoms with Crippen molar-refractivity contribution in [2.75, 3.05) is 0 Å². The molecular formula is C12H17NO. The molecule has 0 heterocycles. The van der Waals surface area contributed by atoms with Crippen molar-refractivity contribution < 1.29 is 5.11 Å². The van der Waals surface area contributed by atoms with Crippen LogP contribution >= 0.6 is 0 Å². The normalized spacial score (nSPS) is 14.1. The van der Waals surface area contributed by atoms with E-state index < -0.39 is 0 Å². The van der Waals surface area contributed by atoms with E-state index in [-0.39, 0.29) is 0 Å². The number of phenols is 1. The Morgan fingerprint density at radius 3 is 2.64 bits per heavy atom. The van der Waals surface area contributed by atoms with Gasteiger partial charge in [-0.3, -0.25) is 4.99 Å². The topological polar surface area (TPSA) is 32.6 Å². The molecular weight excluding hydrogens is 174 g/mol. The highest BCUT2D eigenvalue weighted by Crippen LogP contribution is 2.17. The molecule has 0 saturated carbocycles. The number of aromatic hydroxyl groups is 1. The minimum Gasteiger partial charge on any atom is -0.507 e. The zero-order valence-electron chi connectivity index (χ0n) is 8.99. The van der Waals surface area contributed by atoms with Crippen LogP contribution in [0.25, 0.3) is 0 Å². The van der Waals surface area contributed by atoms with E-state index in [1.54, 1.807) is 6.07 Å². The third-order valence-electron chi connectivity index (χ3n) is 2.30. The van der Waals surface area contributed by atoms with Crippen molar-refractivity contribution in [1.29, 1.82) is 0 Å². The summed E-state index contributed by atoms with van der Waals surface area (Å²) in [6.07, 6.45) is 1.02. The first kappa shape index (κ1) is 10.8. The molecule has 0 aliphatic rings. The van der Waals surface area contributed by atoms with E-state index in [2.05, 4.69) is 18.8 Å². The summed E-state index contributed by atoms with van der Waals surface area (Å²) in [5, 5.41) is 9.59. The zero-order valence-corrected chi connectivity index (χ0v) is 8.99. The molecule has 1 rings (SSSR count). The summed E-state index contributed by atoms with van der Waals surface area (Å²) in [7, 11) is 0. The number of hydrogen-bond donors (Lipinski definition) is 1. The lowest BCUT2D eigenvalue weighted by Crippen LogP contribution is -2.02. The van der Waals surface area contributed by atoms with E-state index in [1.807, 2.05) is 25.1 Å². The Bertz CT molecular complexity index is 331. The molecule has 2 heteroatoms. The first-order chi connectivity index (χ1) is 6.65. The van der Waals surface area contributed by atoms with E-state index >= 15 is 0 Å². The molecule has 76 valence electrons. The van der Waals surface area contributed by atoms with Gasteiger partial charge in [-0.2, -0.15) is 0 Å². The molecule has 0 aliphatic carbocycles. The Labute approximate surface area is 85.3 Å². The van der Waals surface area contributed by atoms with Crippen molar-refractivity contribution in [2.45, 2.75) is 33.2 Å². The van der Waals surface area contributed by atoms with Crippen LogP contribution in [0.15, 0.2) is 29.3 Å². The summed E-state index contributed by atoms with van der Waals surface area (Å²) in [4.78, 5) is 4.48. The van der Waals surface area contributed by atoms with Gasteiger partial charge in [0.1, 0.15) is 5.75 Å². The maximum absolute atomic E-state index is 9.59. The van der Waals surface area contributed by atoms with Gasteiger partial charge in [-0.15, -0.1) is 0 Å². The molecule has 0 bridgehead atoms. The Morgan fingerprint density at radius 2 is 2.07 bits per heavy atom. The first-order valence-electron chi connectivity index (χ1n) is 4.98.